The molecule has 4 aromatic heterocycles. The summed E-state index contributed by atoms with van der Waals surface area (Å²) in [6.07, 6.45) is 10.9. The largest absolute Gasteiger partial charge is 0.508 e. The molecule has 8 atom stereocenters. The van der Waals surface area contributed by atoms with Gasteiger partial charge in [-0.3, -0.25) is 33.6 Å². The number of amides is 7. The van der Waals surface area contributed by atoms with Crippen LogP contribution in [0, 0.1) is 0 Å². The SMILES string of the molecule is NCCCC[C@H](NC(=O)[C@@H](N)Cc1cnc[nH]1)C(=O)N[C@@H](Cc1cnc[nH]1)C(=O)N[C@@H](Cc1ccc(O)cc1)C(=O)N[C@@H](Cc1ccc(O)cc1)C(=O)N[C@@H](Cc1cnc[nH]1)C(=O)N[C@@H](Cc1ccc(O)cc1)C(=O)N[C@@H](Cc1cnc[nH]1)C(=O)O. The average Bonchev–Trinajstić information content (AvgIpc) is 3.22. The standard InChI is InChI=1S/C57H69N17O12/c58-16-2-1-3-43(68-50(78)42(59)20-35-24-60-28-64-35)51(79)72-47(21-36-25-61-29-65-36)55(83)70-44(17-32-4-10-39(75)11-5-32)52(80)69-45(18-33-6-12-40(76)13-7-33)53(81)73-48(22-37-26-62-30-66-37)56(84)71-46(19-34-8-14-41(77)15-9-34)54(82)74-49(57(85)86)23-38-27-63-31-67-38/h4-15,24-31,42-49,75-77H,1-3,16-23,58-59H2,(H,60,64)(H,61,65)(H,62,66)(H,63,67)(H,68,78)(H,69,80)(H,70,83)(H,71,84)(H,72,79)(H,73,81)(H,74,82)(H,85,86)/t42-,43-,44-,45-,46-,47-,48-,49-/m0/s1. The van der Waals surface area contributed by atoms with Crippen LogP contribution in [0.25, 0.3) is 0 Å². The summed E-state index contributed by atoms with van der Waals surface area (Å²) in [6.45, 7) is 0.297. The Morgan fingerprint density at radius 2 is 0.663 bits per heavy atom. The first-order valence-corrected chi connectivity index (χ1v) is 27.4. The fraction of sp³-hybridized carbons (Fsp3) is 0.333. The maximum atomic E-state index is 15.0. The number of aromatic hydroxyl groups is 3. The molecule has 0 aliphatic rings. The van der Waals surface area contributed by atoms with E-state index in [0.717, 1.165) is 0 Å². The van der Waals surface area contributed by atoms with E-state index >= 15 is 0 Å². The van der Waals surface area contributed by atoms with Gasteiger partial charge in [0.2, 0.25) is 41.4 Å². The number of hydrogen-bond acceptors (Lipinski definition) is 17. The first kappa shape index (κ1) is 63.2. The predicted octanol–water partition coefficient (Wildman–Crippen LogP) is -1.37. The van der Waals surface area contributed by atoms with E-state index in [4.69, 9.17) is 11.5 Å². The smallest absolute Gasteiger partial charge is 0.326 e. The minimum atomic E-state index is -1.56. The van der Waals surface area contributed by atoms with Crippen LogP contribution >= 0.6 is 0 Å². The lowest BCUT2D eigenvalue weighted by Gasteiger charge is -2.28. The molecule has 0 fully saturated rings. The molecule has 0 aliphatic heterocycles. The first-order chi connectivity index (χ1) is 41.4. The maximum Gasteiger partial charge on any atom is 0.326 e. The minimum absolute atomic E-state index is 0.0764. The molecule has 0 spiro atoms. The number of nitrogens with zero attached hydrogens (tertiary/aromatic N) is 4. The average molecular weight is 1180 g/mol. The van der Waals surface area contributed by atoms with Crippen LogP contribution in [0.15, 0.2) is 123 Å². The zero-order chi connectivity index (χ0) is 61.5. The van der Waals surface area contributed by atoms with Gasteiger partial charge in [-0.05, 0) is 78.9 Å². The number of H-pyrrole nitrogens is 4. The summed E-state index contributed by atoms with van der Waals surface area (Å²) in [6, 6.07) is 5.87. The van der Waals surface area contributed by atoms with E-state index in [1.807, 2.05) is 0 Å². The van der Waals surface area contributed by atoms with Crippen molar-refractivity contribution in [2.24, 2.45) is 11.5 Å². The number of carboxylic acids is 1. The summed E-state index contributed by atoms with van der Waals surface area (Å²) in [7, 11) is 0. The number of phenolic OH excluding ortho intramolecular Hbond substituents is 3. The van der Waals surface area contributed by atoms with Gasteiger partial charge in [-0.1, -0.05) is 36.4 Å². The number of aromatic amines is 4. The van der Waals surface area contributed by atoms with E-state index in [1.165, 1.54) is 123 Å². The van der Waals surface area contributed by atoms with Crippen LogP contribution in [0.3, 0.4) is 0 Å². The summed E-state index contributed by atoms with van der Waals surface area (Å²) in [5, 5.41) is 59.2. The first-order valence-electron chi connectivity index (χ1n) is 27.4. The molecular weight excluding hydrogens is 1110 g/mol. The van der Waals surface area contributed by atoms with E-state index in [1.54, 1.807) is 0 Å². The molecule has 0 bridgehead atoms. The number of nitrogens with one attached hydrogen (secondary N) is 11. The van der Waals surface area contributed by atoms with Crippen molar-refractivity contribution in [3.8, 4) is 17.2 Å². The van der Waals surface area contributed by atoms with Crippen molar-refractivity contribution in [1.82, 2.24) is 77.1 Å². The van der Waals surface area contributed by atoms with Crippen molar-refractivity contribution in [3.05, 3.63) is 162 Å². The molecule has 29 heteroatoms. The molecule has 29 nitrogen and oxygen atoms in total. The van der Waals surface area contributed by atoms with Crippen LogP contribution in [0.1, 0.15) is 58.7 Å². The molecule has 454 valence electrons. The van der Waals surface area contributed by atoms with E-state index < -0.39 is 95.7 Å². The normalized spacial score (nSPS) is 13.9. The second-order valence-corrected chi connectivity index (χ2v) is 20.4. The molecule has 7 aromatic rings. The summed E-state index contributed by atoms with van der Waals surface area (Å²) in [5.74, 6) is -7.69. The highest BCUT2D eigenvalue weighted by atomic mass is 16.4. The van der Waals surface area contributed by atoms with Crippen molar-refractivity contribution in [3.63, 3.8) is 0 Å². The van der Waals surface area contributed by atoms with Gasteiger partial charge in [0.05, 0.1) is 31.4 Å². The maximum absolute atomic E-state index is 15.0. The van der Waals surface area contributed by atoms with Gasteiger partial charge in [-0.15, -0.1) is 0 Å². The van der Waals surface area contributed by atoms with Crippen LogP contribution in [0.5, 0.6) is 17.2 Å². The van der Waals surface area contributed by atoms with E-state index in [-0.39, 0.29) is 68.6 Å². The van der Waals surface area contributed by atoms with Gasteiger partial charge in [0.15, 0.2) is 0 Å². The summed E-state index contributed by atoms with van der Waals surface area (Å²) < 4.78 is 0. The number of unbranched alkanes of at least 4 members (excludes halogenated alkanes) is 1. The minimum Gasteiger partial charge on any atom is -0.508 e. The molecule has 0 saturated carbocycles. The van der Waals surface area contributed by atoms with Gasteiger partial charge in [0.1, 0.15) is 59.5 Å². The lowest BCUT2D eigenvalue weighted by molar-refractivity contribution is -0.142. The number of hydrogen-bond donors (Lipinski definition) is 17. The zero-order valence-electron chi connectivity index (χ0n) is 46.4. The third kappa shape index (κ3) is 19.6. The Balaban J connectivity index is 1.16. The fourth-order valence-electron chi connectivity index (χ4n) is 9.10. The second-order valence-electron chi connectivity index (χ2n) is 20.4. The molecule has 0 unspecified atom stereocenters. The molecule has 0 saturated heterocycles. The Bertz CT molecular complexity index is 3290. The van der Waals surface area contributed by atoms with Crippen molar-refractivity contribution >= 4 is 47.3 Å². The quantitative estimate of drug-likeness (QED) is 0.0211. The van der Waals surface area contributed by atoms with Gasteiger partial charge in [0, 0.05) is 92.5 Å². The Labute approximate surface area is 491 Å². The van der Waals surface area contributed by atoms with Crippen molar-refractivity contribution in [1.29, 1.82) is 0 Å². The van der Waals surface area contributed by atoms with E-state index in [0.29, 0.717) is 58.9 Å². The van der Waals surface area contributed by atoms with E-state index in [2.05, 4.69) is 77.1 Å². The molecule has 86 heavy (non-hydrogen) atoms. The van der Waals surface area contributed by atoms with E-state index in [9.17, 15) is 58.8 Å². The van der Waals surface area contributed by atoms with Crippen LogP contribution < -0.4 is 48.7 Å². The summed E-state index contributed by atoms with van der Waals surface area (Å²) in [4.78, 5) is 141. The number of carbonyl (C=O) groups is 8. The van der Waals surface area contributed by atoms with Crippen molar-refractivity contribution < 1.29 is 58.8 Å². The van der Waals surface area contributed by atoms with Gasteiger partial charge < -0.3 is 89.0 Å². The number of aromatic nitrogens is 8. The number of benzene rings is 3. The van der Waals surface area contributed by atoms with Crippen LogP contribution in [-0.4, -0.2) is 162 Å². The molecule has 7 rings (SSSR count). The Hall–Kier alpha value is -10.4. The monoisotopic (exact) mass is 1180 g/mol. The van der Waals surface area contributed by atoms with Gasteiger partial charge in [-0.25, -0.2) is 24.7 Å². The topological polar surface area (TPSA) is 468 Å². The summed E-state index contributed by atoms with van der Waals surface area (Å²) >= 11 is 0. The number of carboxylic acid groups (broad SMARTS) is 1. The van der Waals surface area contributed by atoms with Gasteiger partial charge >= 0.3 is 5.97 Å². The fourth-order valence-corrected chi connectivity index (χ4v) is 9.10. The number of aliphatic carboxylic acids is 1. The Morgan fingerprint density at radius 1 is 0.384 bits per heavy atom. The molecular formula is C57H69N17O12. The van der Waals surface area contributed by atoms with Crippen LogP contribution in [0.2, 0.25) is 0 Å². The zero-order valence-corrected chi connectivity index (χ0v) is 46.4. The third-order valence-electron chi connectivity index (χ3n) is 13.8. The van der Waals surface area contributed by atoms with Gasteiger partial charge in [0.25, 0.3) is 0 Å². The molecule has 3 aromatic carbocycles. The highest BCUT2D eigenvalue weighted by molar-refractivity contribution is 5.98. The number of nitrogens with two attached hydrogens (primary N) is 2. The number of phenols is 3. The molecule has 0 aliphatic carbocycles. The van der Waals surface area contributed by atoms with Crippen molar-refractivity contribution in [2.45, 2.75) is 113 Å². The van der Waals surface area contributed by atoms with Crippen LogP contribution in [-0.2, 0) is 83.3 Å². The highest BCUT2D eigenvalue weighted by Gasteiger charge is 2.36. The number of rotatable bonds is 33. The van der Waals surface area contributed by atoms with Crippen molar-refractivity contribution in [2.75, 3.05) is 6.54 Å². The molecule has 19 N–H and O–H groups in total. The Kier molecular flexibility index (Phi) is 23.0. The Morgan fingerprint density at radius 3 is 0.965 bits per heavy atom. The van der Waals surface area contributed by atoms with Crippen LogP contribution in [0.4, 0.5) is 0 Å². The predicted molar refractivity (Wildman–Crippen MR) is 307 cm³/mol. The molecule has 7 amide bonds. The number of carbonyl (C=O) groups excluding carboxylic acids is 7. The summed E-state index contributed by atoms with van der Waals surface area (Å²) in [5.41, 5.74) is 15.0. The van der Waals surface area contributed by atoms with Gasteiger partial charge in [-0.2, -0.15) is 0 Å². The second kappa shape index (κ2) is 31.3. The molecule has 4 heterocycles. The lowest BCUT2D eigenvalue weighted by atomic mass is 10.0. The molecule has 0 radical (unpaired) electrons. The number of imidazole rings is 4. The highest BCUT2D eigenvalue weighted by Crippen LogP contribution is 2.17. The third-order valence-corrected chi connectivity index (χ3v) is 13.8. The lowest BCUT2D eigenvalue weighted by Crippen LogP contribution is -2.61.